The number of nitrogens with one attached hydrogen (secondary N) is 1. The van der Waals surface area contributed by atoms with Crippen LogP contribution in [0.5, 0.6) is 0 Å². The van der Waals surface area contributed by atoms with E-state index in [4.69, 9.17) is 5.11 Å². The highest BCUT2D eigenvalue weighted by molar-refractivity contribution is 7.89. The maximum absolute atomic E-state index is 11.8. The van der Waals surface area contributed by atoms with Gasteiger partial charge in [-0.25, -0.2) is 17.9 Å². The Kier molecular flexibility index (Phi) is 3.90. The zero-order valence-corrected chi connectivity index (χ0v) is 10.7. The Morgan fingerprint density at radius 1 is 1.35 bits per heavy atom. The van der Waals surface area contributed by atoms with Crippen LogP contribution in [-0.2, 0) is 10.0 Å². The highest BCUT2D eigenvalue weighted by Gasteiger charge is 2.18. The van der Waals surface area contributed by atoms with Gasteiger partial charge in [-0.05, 0) is 38.5 Å². The first-order valence-corrected chi connectivity index (χ1v) is 6.58. The minimum atomic E-state index is -3.65. The standard InChI is InChI=1S/C11H15NO4S/c1-7(2)12-17(15,16)9-5-4-8(3)10(6-9)11(13)14/h4-7,12H,1-3H3,(H,13,14). The molecule has 0 saturated carbocycles. The van der Waals surface area contributed by atoms with Crippen LogP contribution < -0.4 is 4.72 Å². The summed E-state index contributed by atoms with van der Waals surface area (Å²) in [7, 11) is -3.65. The average Bonchev–Trinajstić information content (AvgIpc) is 2.15. The molecule has 0 aliphatic heterocycles. The van der Waals surface area contributed by atoms with E-state index in [0.717, 1.165) is 0 Å². The van der Waals surface area contributed by atoms with Crippen LogP contribution in [0.1, 0.15) is 29.8 Å². The lowest BCUT2D eigenvalue weighted by Gasteiger charge is -2.10. The van der Waals surface area contributed by atoms with Crippen molar-refractivity contribution in [2.24, 2.45) is 0 Å². The molecule has 0 heterocycles. The van der Waals surface area contributed by atoms with Gasteiger partial charge in [0.15, 0.2) is 0 Å². The third kappa shape index (κ3) is 3.28. The summed E-state index contributed by atoms with van der Waals surface area (Å²) in [5, 5.41) is 8.92. The molecule has 0 bridgehead atoms. The van der Waals surface area contributed by atoms with Crippen LogP contribution in [0.3, 0.4) is 0 Å². The number of rotatable bonds is 4. The maximum Gasteiger partial charge on any atom is 0.335 e. The van der Waals surface area contributed by atoms with E-state index in [2.05, 4.69) is 4.72 Å². The molecule has 94 valence electrons. The number of aromatic carboxylic acids is 1. The van der Waals surface area contributed by atoms with E-state index in [1.54, 1.807) is 20.8 Å². The summed E-state index contributed by atoms with van der Waals surface area (Å²) in [5.74, 6) is -1.14. The first-order valence-electron chi connectivity index (χ1n) is 5.10. The van der Waals surface area contributed by atoms with Crippen molar-refractivity contribution in [3.8, 4) is 0 Å². The molecule has 0 aromatic heterocycles. The Labute approximate surface area is 101 Å². The lowest BCUT2D eigenvalue weighted by atomic mass is 10.1. The predicted octanol–water partition coefficient (Wildman–Crippen LogP) is 1.38. The summed E-state index contributed by atoms with van der Waals surface area (Å²) in [6.45, 7) is 5.02. The molecule has 0 aliphatic carbocycles. The van der Waals surface area contributed by atoms with Gasteiger partial charge in [0.05, 0.1) is 10.5 Å². The summed E-state index contributed by atoms with van der Waals surface area (Å²) < 4.78 is 26.0. The molecule has 0 spiro atoms. The van der Waals surface area contributed by atoms with Gasteiger partial charge in [0.25, 0.3) is 0 Å². The van der Waals surface area contributed by atoms with Gasteiger partial charge in [0, 0.05) is 6.04 Å². The molecule has 2 N–H and O–H groups in total. The molecule has 0 atom stereocenters. The minimum Gasteiger partial charge on any atom is -0.478 e. The van der Waals surface area contributed by atoms with Gasteiger partial charge in [0.1, 0.15) is 0 Å². The lowest BCUT2D eigenvalue weighted by Crippen LogP contribution is -2.30. The molecule has 17 heavy (non-hydrogen) atoms. The second-order valence-electron chi connectivity index (χ2n) is 4.06. The van der Waals surface area contributed by atoms with Crippen molar-refractivity contribution in [1.29, 1.82) is 0 Å². The zero-order chi connectivity index (χ0) is 13.2. The summed E-state index contributed by atoms with van der Waals surface area (Å²) in [5.41, 5.74) is 0.526. The van der Waals surface area contributed by atoms with Crippen LogP contribution >= 0.6 is 0 Å². The Bertz CT molecular complexity index is 534. The van der Waals surface area contributed by atoms with Crippen LogP contribution in [0.15, 0.2) is 23.1 Å². The minimum absolute atomic E-state index is 0.00312. The number of carboxylic acids is 1. The van der Waals surface area contributed by atoms with Crippen molar-refractivity contribution in [3.05, 3.63) is 29.3 Å². The quantitative estimate of drug-likeness (QED) is 0.853. The summed E-state index contributed by atoms with van der Waals surface area (Å²) >= 11 is 0. The normalized spacial score (nSPS) is 11.8. The van der Waals surface area contributed by atoms with Gasteiger partial charge >= 0.3 is 5.97 Å². The predicted molar refractivity (Wildman–Crippen MR) is 63.6 cm³/mol. The number of benzene rings is 1. The molecule has 0 fully saturated rings. The van der Waals surface area contributed by atoms with Gasteiger partial charge in [-0.2, -0.15) is 0 Å². The van der Waals surface area contributed by atoms with Crippen molar-refractivity contribution in [3.63, 3.8) is 0 Å². The fourth-order valence-electron chi connectivity index (χ4n) is 1.38. The van der Waals surface area contributed by atoms with E-state index in [-0.39, 0.29) is 16.5 Å². The van der Waals surface area contributed by atoms with E-state index in [1.165, 1.54) is 18.2 Å². The van der Waals surface area contributed by atoms with E-state index >= 15 is 0 Å². The first-order chi connectivity index (χ1) is 7.74. The molecule has 0 unspecified atom stereocenters. The van der Waals surface area contributed by atoms with E-state index < -0.39 is 16.0 Å². The maximum atomic E-state index is 11.8. The summed E-state index contributed by atoms with van der Waals surface area (Å²) in [6.07, 6.45) is 0. The summed E-state index contributed by atoms with van der Waals surface area (Å²) in [6, 6.07) is 3.81. The van der Waals surface area contributed by atoms with Crippen molar-refractivity contribution < 1.29 is 18.3 Å². The Morgan fingerprint density at radius 2 is 1.94 bits per heavy atom. The molecule has 6 heteroatoms. The highest BCUT2D eigenvalue weighted by Crippen LogP contribution is 2.15. The van der Waals surface area contributed by atoms with Crippen LogP contribution in [0.4, 0.5) is 0 Å². The highest BCUT2D eigenvalue weighted by atomic mass is 32.2. The Balaban J connectivity index is 3.25. The monoisotopic (exact) mass is 257 g/mol. The van der Waals surface area contributed by atoms with E-state index in [0.29, 0.717) is 5.56 Å². The molecule has 0 saturated heterocycles. The molecule has 5 nitrogen and oxygen atoms in total. The van der Waals surface area contributed by atoms with Crippen LogP contribution in [0.25, 0.3) is 0 Å². The first kappa shape index (κ1) is 13.7. The van der Waals surface area contributed by atoms with Gasteiger partial charge in [0.2, 0.25) is 10.0 Å². The fraction of sp³-hybridized carbons (Fsp3) is 0.364. The molecular formula is C11H15NO4S. The van der Waals surface area contributed by atoms with Crippen LogP contribution in [0.2, 0.25) is 0 Å². The summed E-state index contributed by atoms with van der Waals surface area (Å²) in [4.78, 5) is 10.9. The number of hydrogen-bond donors (Lipinski definition) is 2. The number of sulfonamides is 1. The van der Waals surface area contributed by atoms with Gasteiger partial charge in [-0.15, -0.1) is 0 Å². The van der Waals surface area contributed by atoms with Crippen molar-refractivity contribution in [2.75, 3.05) is 0 Å². The molecule has 1 rings (SSSR count). The lowest BCUT2D eigenvalue weighted by molar-refractivity contribution is 0.0696. The van der Waals surface area contributed by atoms with Crippen LogP contribution in [0, 0.1) is 6.92 Å². The topological polar surface area (TPSA) is 83.5 Å². The van der Waals surface area contributed by atoms with E-state index in [9.17, 15) is 13.2 Å². The second kappa shape index (κ2) is 4.85. The SMILES string of the molecule is Cc1ccc(S(=O)(=O)NC(C)C)cc1C(=O)O. The smallest absolute Gasteiger partial charge is 0.335 e. The third-order valence-electron chi connectivity index (χ3n) is 2.14. The fourth-order valence-corrected chi connectivity index (χ4v) is 2.65. The largest absolute Gasteiger partial charge is 0.478 e. The average molecular weight is 257 g/mol. The van der Waals surface area contributed by atoms with Gasteiger partial charge < -0.3 is 5.11 Å². The number of aryl methyl sites for hydroxylation is 1. The van der Waals surface area contributed by atoms with Crippen molar-refractivity contribution in [2.45, 2.75) is 31.7 Å². The number of carboxylic acid groups (broad SMARTS) is 1. The molecule has 0 amide bonds. The second-order valence-corrected chi connectivity index (χ2v) is 5.77. The third-order valence-corrected chi connectivity index (χ3v) is 3.80. The Hall–Kier alpha value is -1.40. The zero-order valence-electron chi connectivity index (χ0n) is 9.89. The number of carbonyl (C=O) groups is 1. The molecule has 1 aromatic carbocycles. The molecule has 0 aliphatic rings. The van der Waals surface area contributed by atoms with Gasteiger partial charge in [-0.3, -0.25) is 0 Å². The van der Waals surface area contributed by atoms with Crippen molar-refractivity contribution >= 4 is 16.0 Å². The Morgan fingerprint density at radius 3 is 2.41 bits per heavy atom. The number of hydrogen-bond acceptors (Lipinski definition) is 3. The van der Waals surface area contributed by atoms with Crippen LogP contribution in [-0.4, -0.2) is 25.5 Å². The molecular weight excluding hydrogens is 242 g/mol. The molecule has 1 aromatic rings. The molecule has 0 radical (unpaired) electrons. The van der Waals surface area contributed by atoms with E-state index in [1.807, 2.05) is 0 Å². The van der Waals surface area contributed by atoms with Crippen molar-refractivity contribution in [1.82, 2.24) is 4.72 Å². The van der Waals surface area contributed by atoms with Gasteiger partial charge in [-0.1, -0.05) is 6.07 Å².